The number of nitrogens with zero attached hydrogens (tertiary/aromatic N) is 1. The zero-order valence-corrected chi connectivity index (χ0v) is 17.1. The van der Waals surface area contributed by atoms with Crippen LogP contribution in [0.25, 0.3) is 0 Å². The lowest BCUT2D eigenvalue weighted by atomic mass is 10.1. The van der Waals surface area contributed by atoms with Crippen LogP contribution in [-0.2, 0) is 19.2 Å². The lowest BCUT2D eigenvalue weighted by molar-refractivity contribution is -0.146. The Balaban J connectivity index is 2.74. The highest BCUT2D eigenvalue weighted by molar-refractivity contribution is 5.94. The number of carbonyl (C=O) groups is 4. The summed E-state index contributed by atoms with van der Waals surface area (Å²) < 4.78 is 0. The Labute approximate surface area is 175 Å². The molecule has 9 N–H and O–H groups in total. The van der Waals surface area contributed by atoms with Gasteiger partial charge >= 0.3 is 5.97 Å². The van der Waals surface area contributed by atoms with Crippen LogP contribution in [0, 0.1) is 0 Å². The first-order valence-corrected chi connectivity index (χ1v) is 10.0. The zero-order chi connectivity index (χ0) is 22.8. The van der Waals surface area contributed by atoms with Gasteiger partial charge in [-0.3, -0.25) is 14.4 Å². The van der Waals surface area contributed by atoms with Crippen molar-refractivity contribution in [3.8, 4) is 0 Å². The van der Waals surface area contributed by atoms with Crippen LogP contribution in [0.2, 0.25) is 0 Å². The normalized spacial score (nSPS) is 20.2. The highest BCUT2D eigenvalue weighted by atomic mass is 16.4. The van der Waals surface area contributed by atoms with Crippen molar-refractivity contribution < 1.29 is 34.5 Å². The lowest BCUT2D eigenvalue weighted by Crippen LogP contribution is -2.58. The standard InChI is InChI=1S/C18H33N5O7/c1-10(25)14(18(29)30)22-15(26)12(9-24)21-16(27)13-6-4-8-23(13)17(28)11(20)5-2-3-7-19/h10-14,24-25H,2-9,19-20H2,1H3,(H,21,27)(H,22,26)(H,29,30). The van der Waals surface area contributed by atoms with E-state index >= 15 is 0 Å². The molecule has 1 heterocycles. The number of carboxylic acids is 1. The maximum atomic E-state index is 12.7. The van der Waals surface area contributed by atoms with Crippen LogP contribution in [0.5, 0.6) is 0 Å². The van der Waals surface area contributed by atoms with Crippen LogP contribution < -0.4 is 22.1 Å². The molecule has 12 heteroatoms. The molecule has 1 aliphatic rings. The molecule has 0 saturated carbocycles. The second kappa shape index (κ2) is 12.4. The van der Waals surface area contributed by atoms with Crippen molar-refractivity contribution >= 4 is 23.7 Å². The van der Waals surface area contributed by atoms with Crippen LogP contribution in [-0.4, -0.2) is 93.9 Å². The quantitative estimate of drug-likeness (QED) is 0.155. The molecule has 0 radical (unpaired) electrons. The molecule has 0 aromatic rings. The summed E-state index contributed by atoms with van der Waals surface area (Å²) in [5.74, 6) is -3.44. The number of carbonyl (C=O) groups excluding carboxylic acids is 3. The maximum absolute atomic E-state index is 12.7. The highest BCUT2D eigenvalue weighted by Gasteiger charge is 2.38. The predicted molar refractivity (Wildman–Crippen MR) is 106 cm³/mol. The van der Waals surface area contributed by atoms with E-state index in [-0.39, 0.29) is 5.91 Å². The van der Waals surface area contributed by atoms with Gasteiger partial charge in [-0.1, -0.05) is 6.42 Å². The summed E-state index contributed by atoms with van der Waals surface area (Å²) in [7, 11) is 0. The van der Waals surface area contributed by atoms with Gasteiger partial charge in [0.2, 0.25) is 17.7 Å². The summed E-state index contributed by atoms with van der Waals surface area (Å²) >= 11 is 0. The first-order chi connectivity index (χ1) is 14.1. The van der Waals surface area contributed by atoms with E-state index in [4.69, 9.17) is 16.6 Å². The molecule has 1 saturated heterocycles. The number of amides is 3. The Morgan fingerprint density at radius 3 is 2.40 bits per heavy atom. The van der Waals surface area contributed by atoms with E-state index in [0.29, 0.717) is 38.8 Å². The minimum absolute atomic E-state index is 0.348. The van der Waals surface area contributed by atoms with Gasteiger partial charge in [0.05, 0.1) is 18.8 Å². The molecular formula is C18H33N5O7. The summed E-state index contributed by atoms with van der Waals surface area (Å²) in [4.78, 5) is 50.0. The number of nitrogens with one attached hydrogen (secondary N) is 2. The van der Waals surface area contributed by atoms with E-state index in [9.17, 15) is 29.4 Å². The van der Waals surface area contributed by atoms with Crippen molar-refractivity contribution in [2.75, 3.05) is 19.7 Å². The van der Waals surface area contributed by atoms with Gasteiger partial charge in [-0.05, 0) is 39.2 Å². The molecule has 0 aromatic heterocycles. The summed E-state index contributed by atoms with van der Waals surface area (Å²) in [6, 6.07) is -4.63. The average Bonchev–Trinajstić information content (AvgIpc) is 3.18. The Morgan fingerprint density at radius 2 is 1.87 bits per heavy atom. The maximum Gasteiger partial charge on any atom is 0.328 e. The first kappa shape index (κ1) is 25.8. The Bertz CT molecular complexity index is 616. The monoisotopic (exact) mass is 431 g/mol. The Hall–Kier alpha value is -2.28. The molecule has 5 unspecified atom stereocenters. The Morgan fingerprint density at radius 1 is 1.20 bits per heavy atom. The molecule has 172 valence electrons. The number of carboxylic acid groups (broad SMARTS) is 1. The predicted octanol–water partition coefficient (Wildman–Crippen LogP) is -3.14. The number of hydrogen-bond donors (Lipinski definition) is 7. The van der Waals surface area contributed by atoms with E-state index in [0.717, 1.165) is 6.42 Å². The zero-order valence-electron chi connectivity index (χ0n) is 17.1. The molecule has 0 aromatic carbocycles. The van der Waals surface area contributed by atoms with Crippen molar-refractivity contribution in [1.29, 1.82) is 0 Å². The van der Waals surface area contributed by atoms with Crippen molar-refractivity contribution in [2.45, 2.75) is 69.3 Å². The van der Waals surface area contributed by atoms with Crippen molar-refractivity contribution in [3.63, 3.8) is 0 Å². The minimum Gasteiger partial charge on any atom is -0.480 e. The van der Waals surface area contributed by atoms with Gasteiger partial charge in [0.25, 0.3) is 0 Å². The van der Waals surface area contributed by atoms with Gasteiger partial charge in [-0.15, -0.1) is 0 Å². The summed E-state index contributed by atoms with van der Waals surface area (Å²) in [5, 5.41) is 32.4. The van der Waals surface area contributed by atoms with E-state index < -0.39 is 54.7 Å². The largest absolute Gasteiger partial charge is 0.480 e. The van der Waals surface area contributed by atoms with Gasteiger partial charge in [-0.2, -0.15) is 0 Å². The van der Waals surface area contributed by atoms with Gasteiger partial charge < -0.3 is 42.3 Å². The fourth-order valence-corrected chi connectivity index (χ4v) is 3.25. The number of aliphatic carboxylic acids is 1. The van der Waals surface area contributed by atoms with E-state index in [2.05, 4.69) is 10.6 Å². The molecule has 1 rings (SSSR count). The number of rotatable bonds is 12. The van der Waals surface area contributed by atoms with Crippen LogP contribution in [0.1, 0.15) is 39.0 Å². The molecule has 0 spiro atoms. The number of aliphatic hydroxyl groups is 2. The van der Waals surface area contributed by atoms with Gasteiger partial charge in [0.15, 0.2) is 6.04 Å². The van der Waals surface area contributed by atoms with Crippen molar-refractivity contribution in [1.82, 2.24) is 15.5 Å². The van der Waals surface area contributed by atoms with E-state index in [1.807, 2.05) is 0 Å². The molecule has 5 atom stereocenters. The Kier molecular flexibility index (Phi) is 10.7. The molecule has 12 nitrogen and oxygen atoms in total. The average molecular weight is 431 g/mol. The van der Waals surface area contributed by atoms with E-state index in [1.54, 1.807) is 0 Å². The number of nitrogens with two attached hydrogens (primary N) is 2. The first-order valence-electron chi connectivity index (χ1n) is 10.0. The second-order valence-corrected chi connectivity index (χ2v) is 7.39. The second-order valence-electron chi connectivity index (χ2n) is 7.39. The fraction of sp³-hybridized carbons (Fsp3) is 0.778. The van der Waals surface area contributed by atoms with Crippen LogP contribution in [0.15, 0.2) is 0 Å². The molecule has 1 fully saturated rings. The topological polar surface area (TPSA) is 208 Å². The number of likely N-dealkylation sites (tertiary alicyclic amines) is 1. The van der Waals surface area contributed by atoms with E-state index in [1.165, 1.54) is 11.8 Å². The van der Waals surface area contributed by atoms with Gasteiger partial charge in [0.1, 0.15) is 12.1 Å². The number of hydrogen-bond acceptors (Lipinski definition) is 8. The van der Waals surface area contributed by atoms with Gasteiger partial charge in [-0.25, -0.2) is 4.79 Å². The molecular weight excluding hydrogens is 398 g/mol. The van der Waals surface area contributed by atoms with Crippen molar-refractivity contribution in [3.05, 3.63) is 0 Å². The highest BCUT2D eigenvalue weighted by Crippen LogP contribution is 2.19. The third kappa shape index (κ3) is 7.20. The van der Waals surface area contributed by atoms with Crippen LogP contribution in [0.4, 0.5) is 0 Å². The van der Waals surface area contributed by atoms with Crippen molar-refractivity contribution in [2.24, 2.45) is 11.5 Å². The summed E-state index contributed by atoms with van der Waals surface area (Å²) in [6.07, 6.45) is 1.44. The molecule has 3 amide bonds. The third-order valence-corrected chi connectivity index (χ3v) is 4.99. The molecule has 0 aliphatic carbocycles. The fourth-order valence-electron chi connectivity index (χ4n) is 3.25. The summed E-state index contributed by atoms with van der Waals surface area (Å²) in [5.41, 5.74) is 11.4. The number of aliphatic hydroxyl groups excluding tert-OH is 2. The van der Waals surface area contributed by atoms with Crippen LogP contribution >= 0.6 is 0 Å². The van der Waals surface area contributed by atoms with Gasteiger partial charge in [0, 0.05) is 6.54 Å². The number of unbranched alkanes of at least 4 members (excludes halogenated alkanes) is 1. The van der Waals surface area contributed by atoms with Crippen LogP contribution in [0.3, 0.4) is 0 Å². The lowest BCUT2D eigenvalue weighted by Gasteiger charge is -2.28. The molecule has 0 bridgehead atoms. The molecule has 1 aliphatic heterocycles. The minimum atomic E-state index is -1.60. The third-order valence-electron chi connectivity index (χ3n) is 4.99. The molecule has 30 heavy (non-hydrogen) atoms. The SMILES string of the molecule is CC(O)C(NC(=O)C(CO)NC(=O)C1CCCN1C(=O)C(N)CCCCN)C(=O)O. The smallest absolute Gasteiger partial charge is 0.328 e. The summed E-state index contributed by atoms with van der Waals surface area (Å²) in [6.45, 7) is 1.24.